The summed E-state index contributed by atoms with van der Waals surface area (Å²) in [5, 5.41) is 10.7. The van der Waals surface area contributed by atoms with Crippen molar-refractivity contribution in [2.45, 2.75) is 0 Å². The normalized spacial score (nSPS) is 11.1. The summed E-state index contributed by atoms with van der Waals surface area (Å²) in [4.78, 5) is 4.58. The van der Waals surface area contributed by atoms with Crippen LogP contribution in [0.2, 0.25) is 0 Å². The van der Waals surface area contributed by atoms with E-state index < -0.39 is 0 Å². The highest BCUT2D eigenvalue weighted by molar-refractivity contribution is 5.91. The van der Waals surface area contributed by atoms with Gasteiger partial charge in [-0.25, -0.2) is 4.98 Å². The summed E-state index contributed by atoms with van der Waals surface area (Å²) in [6, 6.07) is 17.4. The topological polar surface area (TPSA) is 64.4 Å². The van der Waals surface area contributed by atoms with Crippen LogP contribution in [0.5, 0.6) is 17.2 Å². The van der Waals surface area contributed by atoms with Crippen molar-refractivity contribution in [1.29, 1.82) is 5.26 Å². The summed E-state index contributed by atoms with van der Waals surface area (Å²) in [5.41, 5.74) is 2.66. The van der Waals surface area contributed by atoms with Gasteiger partial charge in [0.1, 0.15) is 6.07 Å². The number of rotatable bonds is 5. The molecule has 0 aliphatic heterocycles. The molecule has 0 bridgehead atoms. The number of aromatic nitrogens is 1. The number of pyridine rings is 1. The highest BCUT2D eigenvalue weighted by Gasteiger charge is 2.13. The second kappa shape index (κ2) is 7.58. The number of ether oxygens (including phenoxy) is 3. The lowest BCUT2D eigenvalue weighted by molar-refractivity contribution is 0.324. The lowest BCUT2D eigenvalue weighted by Crippen LogP contribution is -1.96. The van der Waals surface area contributed by atoms with Crippen LogP contribution in [0.3, 0.4) is 0 Å². The van der Waals surface area contributed by atoms with Gasteiger partial charge in [0, 0.05) is 5.39 Å². The van der Waals surface area contributed by atoms with E-state index in [-0.39, 0.29) is 0 Å². The summed E-state index contributed by atoms with van der Waals surface area (Å²) in [5.74, 6) is 1.57. The Bertz CT molecular complexity index is 994. The first-order valence-corrected chi connectivity index (χ1v) is 7.98. The van der Waals surface area contributed by atoms with Gasteiger partial charge in [-0.15, -0.1) is 0 Å². The Morgan fingerprint density at radius 3 is 2.27 bits per heavy atom. The molecule has 0 aliphatic carbocycles. The lowest BCUT2D eigenvalue weighted by atomic mass is 10.1. The van der Waals surface area contributed by atoms with Gasteiger partial charge in [0.05, 0.1) is 38.1 Å². The van der Waals surface area contributed by atoms with Gasteiger partial charge in [-0.05, 0) is 35.9 Å². The number of nitrogens with zero attached hydrogens (tertiary/aromatic N) is 2. The molecule has 0 unspecified atom stereocenters. The molecule has 5 heteroatoms. The van der Waals surface area contributed by atoms with Crippen molar-refractivity contribution in [2.24, 2.45) is 0 Å². The van der Waals surface area contributed by atoms with Crippen molar-refractivity contribution in [1.82, 2.24) is 4.98 Å². The minimum absolute atomic E-state index is 0.449. The van der Waals surface area contributed by atoms with Crippen molar-refractivity contribution in [2.75, 3.05) is 21.3 Å². The number of methoxy groups -OCH3 is 3. The zero-order valence-corrected chi connectivity index (χ0v) is 14.8. The third-order valence-corrected chi connectivity index (χ3v) is 3.99. The molecule has 0 saturated carbocycles. The van der Waals surface area contributed by atoms with E-state index in [1.165, 1.54) is 0 Å². The largest absolute Gasteiger partial charge is 0.493 e. The molecule has 5 nitrogen and oxygen atoms in total. The molecule has 0 fully saturated rings. The number of para-hydroxylation sites is 1. The lowest BCUT2D eigenvalue weighted by Gasteiger charge is -2.13. The van der Waals surface area contributed by atoms with Gasteiger partial charge >= 0.3 is 0 Å². The smallest absolute Gasteiger partial charge is 0.203 e. The standard InChI is InChI=1S/C21H18N2O3/c1-24-19-11-14(12-20(25-2)21(19)26-3)10-16(13-22)18-9-8-15-6-4-5-7-17(15)23-18/h4-12H,1-3H3. The Balaban J connectivity index is 2.09. The van der Waals surface area contributed by atoms with Crippen LogP contribution in [-0.4, -0.2) is 26.3 Å². The fourth-order valence-electron chi connectivity index (χ4n) is 2.73. The van der Waals surface area contributed by atoms with Crippen molar-refractivity contribution in [3.8, 4) is 23.3 Å². The van der Waals surface area contributed by atoms with Crippen LogP contribution in [0.4, 0.5) is 0 Å². The van der Waals surface area contributed by atoms with Gasteiger partial charge < -0.3 is 14.2 Å². The minimum Gasteiger partial charge on any atom is -0.493 e. The Morgan fingerprint density at radius 2 is 1.65 bits per heavy atom. The molecule has 2 aromatic carbocycles. The first-order chi connectivity index (χ1) is 12.7. The van der Waals surface area contributed by atoms with E-state index in [9.17, 15) is 5.26 Å². The fourth-order valence-corrected chi connectivity index (χ4v) is 2.73. The highest BCUT2D eigenvalue weighted by Crippen LogP contribution is 2.39. The first-order valence-electron chi connectivity index (χ1n) is 7.98. The SMILES string of the molecule is COc1cc(C=C(C#N)c2ccc3ccccc3n2)cc(OC)c1OC. The van der Waals surface area contributed by atoms with E-state index in [2.05, 4.69) is 11.1 Å². The van der Waals surface area contributed by atoms with Crippen molar-refractivity contribution < 1.29 is 14.2 Å². The Kier molecular flexibility index (Phi) is 5.04. The predicted molar refractivity (Wildman–Crippen MR) is 101 cm³/mol. The Morgan fingerprint density at radius 1 is 0.962 bits per heavy atom. The van der Waals surface area contributed by atoms with E-state index in [1.54, 1.807) is 39.5 Å². The van der Waals surface area contributed by atoms with Gasteiger partial charge in [0.25, 0.3) is 0 Å². The van der Waals surface area contributed by atoms with Crippen molar-refractivity contribution in [3.63, 3.8) is 0 Å². The molecule has 0 N–H and O–H groups in total. The Hall–Kier alpha value is -3.52. The third kappa shape index (κ3) is 3.31. The quantitative estimate of drug-likeness (QED) is 0.644. The van der Waals surface area contributed by atoms with Crippen LogP contribution in [0.25, 0.3) is 22.6 Å². The summed E-state index contributed by atoms with van der Waals surface area (Å²) in [7, 11) is 4.66. The molecule has 1 aromatic heterocycles. The molecule has 0 saturated heterocycles. The average Bonchev–Trinajstić information content (AvgIpc) is 2.70. The van der Waals surface area contributed by atoms with Crippen LogP contribution in [0.15, 0.2) is 48.5 Å². The number of hydrogen-bond acceptors (Lipinski definition) is 5. The van der Waals surface area contributed by atoms with E-state index in [4.69, 9.17) is 14.2 Å². The molecule has 0 spiro atoms. The maximum atomic E-state index is 9.62. The van der Waals surface area contributed by atoms with Gasteiger partial charge in [0.2, 0.25) is 5.75 Å². The average molecular weight is 346 g/mol. The molecule has 26 heavy (non-hydrogen) atoms. The highest BCUT2D eigenvalue weighted by atomic mass is 16.5. The molecule has 3 aromatic rings. The summed E-state index contributed by atoms with van der Waals surface area (Å²) >= 11 is 0. The number of fused-ring (bicyclic) bond motifs is 1. The molecular weight excluding hydrogens is 328 g/mol. The maximum Gasteiger partial charge on any atom is 0.203 e. The summed E-state index contributed by atoms with van der Waals surface area (Å²) < 4.78 is 16.1. The second-order valence-electron chi connectivity index (χ2n) is 5.52. The summed E-state index contributed by atoms with van der Waals surface area (Å²) in [6.07, 6.45) is 1.75. The van der Waals surface area contributed by atoms with E-state index in [0.29, 0.717) is 28.5 Å². The van der Waals surface area contributed by atoms with Crippen molar-refractivity contribution >= 4 is 22.6 Å². The number of nitriles is 1. The van der Waals surface area contributed by atoms with E-state index >= 15 is 0 Å². The minimum atomic E-state index is 0.449. The van der Waals surface area contributed by atoms with Crippen LogP contribution in [0.1, 0.15) is 11.3 Å². The molecular formula is C21H18N2O3. The maximum absolute atomic E-state index is 9.62. The first kappa shape index (κ1) is 17.3. The van der Waals surface area contributed by atoms with Gasteiger partial charge in [-0.1, -0.05) is 24.3 Å². The van der Waals surface area contributed by atoms with Gasteiger partial charge in [-0.3, -0.25) is 0 Å². The van der Waals surface area contributed by atoms with Crippen molar-refractivity contribution in [3.05, 3.63) is 59.8 Å². The molecule has 130 valence electrons. The monoisotopic (exact) mass is 346 g/mol. The number of allylic oxidation sites excluding steroid dienone is 1. The third-order valence-electron chi connectivity index (χ3n) is 3.99. The molecule has 0 aliphatic rings. The van der Waals surface area contributed by atoms with Crippen LogP contribution >= 0.6 is 0 Å². The number of hydrogen-bond donors (Lipinski definition) is 0. The molecule has 0 amide bonds. The fraction of sp³-hybridized carbons (Fsp3) is 0.143. The second-order valence-corrected chi connectivity index (χ2v) is 5.52. The summed E-state index contributed by atoms with van der Waals surface area (Å²) in [6.45, 7) is 0. The van der Waals surface area contributed by atoms with E-state index in [0.717, 1.165) is 16.5 Å². The van der Waals surface area contributed by atoms with Gasteiger partial charge in [-0.2, -0.15) is 5.26 Å². The zero-order chi connectivity index (χ0) is 18.5. The van der Waals surface area contributed by atoms with Gasteiger partial charge in [0.15, 0.2) is 11.5 Å². The molecule has 0 radical (unpaired) electrons. The molecule has 3 rings (SSSR count). The predicted octanol–water partition coefficient (Wildman–Crippen LogP) is 4.32. The van der Waals surface area contributed by atoms with Crippen LogP contribution in [0, 0.1) is 11.3 Å². The van der Waals surface area contributed by atoms with Crippen LogP contribution in [-0.2, 0) is 0 Å². The van der Waals surface area contributed by atoms with E-state index in [1.807, 2.05) is 36.4 Å². The zero-order valence-electron chi connectivity index (χ0n) is 14.8. The Labute approximate surface area is 152 Å². The number of benzene rings is 2. The molecule has 0 atom stereocenters. The molecule has 1 heterocycles. The van der Waals surface area contributed by atoms with Crippen LogP contribution < -0.4 is 14.2 Å².